The number of para-hydroxylation sites is 1. The lowest BCUT2D eigenvalue weighted by Gasteiger charge is -2.14. The van der Waals surface area contributed by atoms with Gasteiger partial charge in [-0.1, -0.05) is 36.4 Å². The van der Waals surface area contributed by atoms with Gasteiger partial charge in [-0.05, 0) is 35.9 Å². The predicted molar refractivity (Wildman–Crippen MR) is 110 cm³/mol. The first-order chi connectivity index (χ1) is 14.8. The Morgan fingerprint density at radius 1 is 0.935 bits per heavy atom. The highest BCUT2D eigenvalue weighted by Gasteiger charge is 2.33. The largest absolute Gasteiger partial charge is 0.478 e. The maximum Gasteiger partial charge on any atom is 0.416 e. The number of carboxylic acids is 1. The molecule has 0 spiro atoms. The van der Waals surface area contributed by atoms with Crippen LogP contribution in [0.5, 0.6) is 0 Å². The van der Waals surface area contributed by atoms with Crippen LogP contribution >= 0.6 is 0 Å². The maximum atomic E-state index is 13.5. The van der Waals surface area contributed by atoms with Crippen LogP contribution in [0.15, 0.2) is 66.7 Å². The van der Waals surface area contributed by atoms with E-state index >= 15 is 0 Å². The zero-order valence-electron chi connectivity index (χ0n) is 15.9. The zero-order valence-corrected chi connectivity index (χ0v) is 15.9. The lowest BCUT2D eigenvalue weighted by molar-refractivity contribution is -0.138. The Hall–Kier alpha value is -3.94. The highest BCUT2D eigenvalue weighted by atomic mass is 19.4. The van der Waals surface area contributed by atoms with Crippen molar-refractivity contribution in [1.82, 2.24) is 14.5 Å². The SMILES string of the molecule is O=C(O)c1ccc2nc3c4ccccc4n(Cc4ccccc4C(F)(F)F)c3nc2c1. The number of fused-ring (bicyclic) bond motifs is 4. The number of carboxylic acid groups (broad SMARTS) is 1. The van der Waals surface area contributed by atoms with Crippen LogP contribution in [0, 0.1) is 0 Å². The fourth-order valence-electron chi connectivity index (χ4n) is 3.84. The standard InChI is InChI=1S/C23H14F3N3O2/c24-23(25,26)16-7-3-1-5-14(16)12-29-19-8-4-2-6-15(19)20-21(29)28-18-11-13(22(30)31)9-10-17(18)27-20/h1-11H,12H2,(H,30,31). The van der Waals surface area contributed by atoms with E-state index in [2.05, 4.69) is 9.97 Å². The third kappa shape index (κ3) is 3.16. The van der Waals surface area contributed by atoms with Gasteiger partial charge in [0.2, 0.25) is 0 Å². The van der Waals surface area contributed by atoms with Crippen LogP contribution in [-0.4, -0.2) is 25.6 Å². The van der Waals surface area contributed by atoms with Gasteiger partial charge in [0, 0.05) is 5.39 Å². The Bertz CT molecular complexity index is 1490. The minimum absolute atomic E-state index is 0.0570. The number of hydrogen-bond donors (Lipinski definition) is 1. The molecule has 5 aromatic rings. The quantitative estimate of drug-likeness (QED) is 0.418. The molecule has 2 heterocycles. The van der Waals surface area contributed by atoms with Crippen LogP contribution in [0.2, 0.25) is 0 Å². The third-order valence-electron chi connectivity index (χ3n) is 5.25. The van der Waals surface area contributed by atoms with E-state index in [0.29, 0.717) is 27.7 Å². The molecule has 154 valence electrons. The molecule has 0 atom stereocenters. The summed E-state index contributed by atoms with van der Waals surface area (Å²) in [4.78, 5) is 20.6. The van der Waals surface area contributed by atoms with E-state index in [1.165, 1.54) is 24.3 Å². The van der Waals surface area contributed by atoms with Gasteiger partial charge < -0.3 is 9.67 Å². The summed E-state index contributed by atoms with van der Waals surface area (Å²) >= 11 is 0. The molecule has 0 saturated carbocycles. The van der Waals surface area contributed by atoms with Crippen molar-refractivity contribution in [3.05, 3.63) is 83.4 Å². The van der Waals surface area contributed by atoms with Gasteiger partial charge in [-0.25, -0.2) is 14.8 Å². The smallest absolute Gasteiger partial charge is 0.416 e. The molecule has 0 fully saturated rings. The van der Waals surface area contributed by atoms with E-state index in [4.69, 9.17) is 0 Å². The maximum absolute atomic E-state index is 13.5. The number of hydrogen-bond acceptors (Lipinski definition) is 3. The number of aromatic nitrogens is 3. The van der Waals surface area contributed by atoms with Crippen molar-refractivity contribution >= 4 is 39.1 Å². The molecule has 0 aliphatic rings. The van der Waals surface area contributed by atoms with Crippen LogP contribution < -0.4 is 0 Å². The molecule has 0 amide bonds. The van der Waals surface area contributed by atoms with Gasteiger partial charge in [0.1, 0.15) is 5.52 Å². The van der Waals surface area contributed by atoms with Gasteiger partial charge in [0.25, 0.3) is 0 Å². The molecule has 2 aromatic heterocycles. The lowest BCUT2D eigenvalue weighted by atomic mass is 10.1. The highest BCUT2D eigenvalue weighted by Crippen LogP contribution is 2.34. The first kappa shape index (κ1) is 19.0. The number of rotatable bonds is 3. The predicted octanol–water partition coefficient (Wildman–Crippen LogP) is 5.50. The van der Waals surface area contributed by atoms with Crippen molar-refractivity contribution in [1.29, 1.82) is 0 Å². The Morgan fingerprint density at radius 2 is 1.68 bits per heavy atom. The van der Waals surface area contributed by atoms with Crippen molar-refractivity contribution in [2.75, 3.05) is 0 Å². The number of halogens is 3. The first-order valence-corrected chi connectivity index (χ1v) is 9.40. The first-order valence-electron chi connectivity index (χ1n) is 9.40. The van der Waals surface area contributed by atoms with Crippen LogP contribution in [-0.2, 0) is 12.7 Å². The number of alkyl halides is 3. The monoisotopic (exact) mass is 421 g/mol. The molecule has 0 aliphatic heterocycles. The topological polar surface area (TPSA) is 68.0 Å². The summed E-state index contributed by atoms with van der Waals surface area (Å²) in [5, 5.41) is 10.0. The average molecular weight is 421 g/mol. The zero-order chi connectivity index (χ0) is 21.8. The van der Waals surface area contributed by atoms with E-state index in [-0.39, 0.29) is 17.7 Å². The van der Waals surface area contributed by atoms with Crippen molar-refractivity contribution < 1.29 is 23.1 Å². The summed E-state index contributed by atoms with van der Waals surface area (Å²) in [5.41, 5.74) is 1.98. The molecule has 5 nitrogen and oxygen atoms in total. The molecular formula is C23H14F3N3O2. The molecule has 8 heteroatoms. The highest BCUT2D eigenvalue weighted by molar-refractivity contribution is 6.06. The summed E-state index contributed by atoms with van der Waals surface area (Å²) < 4.78 is 42.3. The second-order valence-corrected chi connectivity index (χ2v) is 7.16. The summed E-state index contributed by atoms with van der Waals surface area (Å²) in [6.07, 6.45) is -4.48. The second-order valence-electron chi connectivity index (χ2n) is 7.16. The molecule has 0 saturated heterocycles. The van der Waals surface area contributed by atoms with E-state index in [1.54, 1.807) is 22.8 Å². The number of benzene rings is 3. The van der Waals surface area contributed by atoms with E-state index in [0.717, 1.165) is 11.5 Å². The molecule has 31 heavy (non-hydrogen) atoms. The number of nitrogens with zero attached hydrogens (tertiary/aromatic N) is 3. The Morgan fingerprint density at radius 3 is 2.45 bits per heavy atom. The summed E-state index contributed by atoms with van der Waals surface area (Å²) in [6.45, 7) is -0.0570. The van der Waals surface area contributed by atoms with Crippen LogP contribution in [0.3, 0.4) is 0 Å². The van der Waals surface area contributed by atoms with Crippen molar-refractivity contribution in [2.24, 2.45) is 0 Å². The van der Waals surface area contributed by atoms with Crippen LogP contribution in [0.1, 0.15) is 21.5 Å². The number of aromatic carboxylic acids is 1. The van der Waals surface area contributed by atoms with Gasteiger partial charge in [0.15, 0.2) is 5.65 Å². The Balaban J connectivity index is 1.80. The third-order valence-corrected chi connectivity index (χ3v) is 5.25. The minimum Gasteiger partial charge on any atom is -0.478 e. The normalized spacial score (nSPS) is 12.1. The molecule has 1 N–H and O–H groups in total. The summed E-state index contributed by atoms with van der Waals surface area (Å²) in [6, 6.07) is 17.2. The summed E-state index contributed by atoms with van der Waals surface area (Å²) in [5.74, 6) is -1.09. The molecule has 0 aliphatic carbocycles. The average Bonchev–Trinajstić information content (AvgIpc) is 3.04. The van der Waals surface area contributed by atoms with Gasteiger partial charge in [-0.3, -0.25) is 0 Å². The Labute approximate surface area is 173 Å². The lowest BCUT2D eigenvalue weighted by Crippen LogP contribution is -2.12. The van der Waals surface area contributed by atoms with Crippen LogP contribution in [0.4, 0.5) is 13.2 Å². The molecule has 5 rings (SSSR count). The molecule has 0 radical (unpaired) electrons. The van der Waals surface area contributed by atoms with Gasteiger partial charge in [-0.2, -0.15) is 13.2 Å². The fourth-order valence-corrected chi connectivity index (χ4v) is 3.84. The molecular weight excluding hydrogens is 407 g/mol. The molecule has 3 aromatic carbocycles. The molecule has 0 unspecified atom stereocenters. The van der Waals surface area contributed by atoms with E-state index in [1.807, 2.05) is 18.2 Å². The Kier molecular flexibility index (Phi) is 4.18. The summed E-state index contributed by atoms with van der Waals surface area (Å²) in [7, 11) is 0. The van der Waals surface area contributed by atoms with E-state index < -0.39 is 17.7 Å². The van der Waals surface area contributed by atoms with Gasteiger partial charge in [-0.15, -0.1) is 0 Å². The van der Waals surface area contributed by atoms with Crippen molar-refractivity contribution in [3.63, 3.8) is 0 Å². The molecule has 0 bridgehead atoms. The van der Waals surface area contributed by atoms with Crippen molar-refractivity contribution in [2.45, 2.75) is 12.7 Å². The van der Waals surface area contributed by atoms with E-state index in [9.17, 15) is 23.1 Å². The van der Waals surface area contributed by atoms with Crippen LogP contribution in [0.25, 0.3) is 33.1 Å². The van der Waals surface area contributed by atoms with Gasteiger partial charge in [0.05, 0.1) is 34.2 Å². The second kappa shape index (κ2) is 6.80. The van der Waals surface area contributed by atoms with Gasteiger partial charge >= 0.3 is 12.1 Å². The number of carbonyl (C=O) groups is 1. The van der Waals surface area contributed by atoms with Crippen molar-refractivity contribution in [3.8, 4) is 0 Å². The fraction of sp³-hybridized carbons (Fsp3) is 0.0870. The minimum atomic E-state index is -4.48.